The van der Waals surface area contributed by atoms with Crippen LogP contribution in [0, 0.1) is 13.8 Å². The lowest BCUT2D eigenvalue weighted by atomic mass is 10.1. The van der Waals surface area contributed by atoms with Gasteiger partial charge >= 0.3 is 0 Å². The Labute approximate surface area is 141 Å². The number of fused-ring (bicyclic) bond motifs is 1. The van der Waals surface area contributed by atoms with Crippen molar-refractivity contribution in [2.24, 2.45) is 0 Å². The molecule has 1 N–H and O–H groups in total. The van der Waals surface area contributed by atoms with Crippen molar-refractivity contribution in [1.82, 2.24) is 19.3 Å². The lowest BCUT2D eigenvalue weighted by molar-refractivity contribution is 0.00702. The summed E-state index contributed by atoms with van der Waals surface area (Å²) in [5.74, 6) is 0.685. The van der Waals surface area contributed by atoms with Crippen molar-refractivity contribution in [3.05, 3.63) is 23.7 Å². The van der Waals surface area contributed by atoms with Gasteiger partial charge in [-0.3, -0.25) is 0 Å². The number of morpholine rings is 1. The van der Waals surface area contributed by atoms with Crippen LogP contribution in [-0.2, 0) is 14.8 Å². The molecule has 0 amide bonds. The Kier molecular flexibility index (Phi) is 4.66. The van der Waals surface area contributed by atoms with E-state index in [-0.39, 0.29) is 6.10 Å². The van der Waals surface area contributed by atoms with Crippen molar-refractivity contribution < 1.29 is 13.2 Å². The SMILES string of the molecule is Cc1cc(C)c2c(NC[C@@H]3CN(S(C)(=O)=O)CCO3)ncnc2n1. The van der Waals surface area contributed by atoms with Crippen LogP contribution in [0.25, 0.3) is 11.0 Å². The number of hydrogen-bond donors (Lipinski definition) is 1. The van der Waals surface area contributed by atoms with Crippen LogP contribution >= 0.6 is 0 Å². The molecule has 0 unspecified atom stereocenters. The average Bonchev–Trinajstić information content (AvgIpc) is 2.51. The second kappa shape index (κ2) is 6.58. The molecule has 3 heterocycles. The minimum Gasteiger partial charge on any atom is -0.374 e. The Morgan fingerprint density at radius 3 is 2.92 bits per heavy atom. The third-order valence-corrected chi connectivity index (χ3v) is 5.27. The summed E-state index contributed by atoms with van der Waals surface area (Å²) in [6, 6.07) is 1.99. The van der Waals surface area contributed by atoms with E-state index < -0.39 is 10.0 Å². The van der Waals surface area contributed by atoms with Gasteiger partial charge in [0.15, 0.2) is 5.65 Å². The van der Waals surface area contributed by atoms with Gasteiger partial charge in [0.25, 0.3) is 0 Å². The standard InChI is InChI=1S/C15H21N5O3S/c1-10-6-11(2)19-15-13(10)14(17-9-18-15)16-7-12-8-20(4-5-23-12)24(3,21)22/h6,9,12H,4-5,7-8H2,1-3H3,(H,16,17,18,19)/t12-/m1/s1. The fourth-order valence-corrected chi connectivity index (χ4v) is 3.71. The molecule has 2 aromatic heterocycles. The van der Waals surface area contributed by atoms with E-state index in [0.717, 1.165) is 16.6 Å². The molecule has 0 bridgehead atoms. The van der Waals surface area contributed by atoms with Crippen LogP contribution in [0.3, 0.4) is 0 Å². The summed E-state index contributed by atoms with van der Waals surface area (Å²) < 4.78 is 30.5. The number of nitrogens with one attached hydrogen (secondary N) is 1. The topological polar surface area (TPSA) is 97.3 Å². The number of rotatable bonds is 4. The molecular formula is C15H21N5O3S. The zero-order valence-electron chi connectivity index (χ0n) is 14.0. The minimum atomic E-state index is -3.20. The van der Waals surface area contributed by atoms with E-state index in [0.29, 0.717) is 37.7 Å². The first-order chi connectivity index (χ1) is 11.3. The first-order valence-corrected chi connectivity index (χ1v) is 9.59. The molecule has 1 aliphatic rings. The van der Waals surface area contributed by atoms with Crippen molar-refractivity contribution in [2.75, 3.05) is 37.8 Å². The number of aryl methyl sites for hydroxylation is 2. The molecule has 1 atom stereocenters. The maximum Gasteiger partial charge on any atom is 0.211 e. The van der Waals surface area contributed by atoms with E-state index in [2.05, 4.69) is 20.3 Å². The van der Waals surface area contributed by atoms with Crippen molar-refractivity contribution in [3.63, 3.8) is 0 Å². The Morgan fingerprint density at radius 2 is 2.17 bits per heavy atom. The highest BCUT2D eigenvalue weighted by Gasteiger charge is 2.26. The van der Waals surface area contributed by atoms with Crippen LogP contribution in [0.15, 0.2) is 12.4 Å². The highest BCUT2D eigenvalue weighted by atomic mass is 32.2. The van der Waals surface area contributed by atoms with Gasteiger partial charge in [-0.2, -0.15) is 4.31 Å². The molecule has 0 saturated carbocycles. The molecule has 24 heavy (non-hydrogen) atoms. The molecule has 0 spiro atoms. The predicted molar refractivity (Wildman–Crippen MR) is 91.5 cm³/mol. The molecule has 1 aliphatic heterocycles. The molecule has 130 valence electrons. The van der Waals surface area contributed by atoms with E-state index in [1.807, 2.05) is 19.9 Å². The normalized spacial score (nSPS) is 19.5. The average molecular weight is 351 g/mol. The Bertz CT molecular complexity index is 856. The van der Waals surface area contributed by atoms with Crippen molar-refractivity contribution in [1.29, 1.82) is 0 Å². The smallest absolute Gasteiger partial charge is 0.211 e. The zero-order valence-corrected chi connectivity index (χ0v) is 14.8. The van der Waals surface area contributed by atoms with Crippen LogP contribution < -0.4 is 5.32 Å². The third-order valence-electron chi connectivity index (χ3n) is 4.00. The molecule has 3 rings (SSSR count). The molecule has 9 heteroatoms. The van der Waals surface area contributed by atoms with Crippen LogP contribution in [-0.4, -0.2) is 66.3 Å². The van der Waals surface area contributed by atoms with Gasteiger partial charge in [-0.1, -0.05) is 0 Å². The summed E-state index contributed by atoms with van der Waals surface area (Å²) >= 11 is 0. The number of pyridine rings is 1. The fraction of sp³-hybridized carbons (Fsp3) is 0.533. The summed E-state index contributed by atoms with van der Waals surface area (Å²) in [7, 11) is -3.20. The van der Waals surface area contributed by atoms with Gasteiger partial charge in [-0.05, 0) is 25.5 Å². The van der Waals surface area contributed by atoms with Crippen LogP contribution in [0.4, 0.5) is 5.82 Å². The zero-order chi connectivity index (χ0) is 17.3. The summed E-state index contributed by atoms with van der Waals surface area (Å²) in [5, 5.41) is 4.13. The first kappa shape index (κ1) is 17.0. The minimum absolute atomic E-state index is 0.225. The third kappa shape index (κ3) is 3.63. The van der Waals surface area contributed by atoms with Gasteiger partial charge in [0.05, 0.1) is 24.4 Å². The van der Waals surface area contributed by atoms with E-state index in [1.165, 1.54) is 16.9 Å². The van der Waals surface area contributed by atoms with Crippen molar-refractivity contribution in [2.45, 2.75) is 20.0 Å². The molecule has 8 nitrogen and oxygen atoms in total. The highest BCUT2D eigenvalue weighted by molar-refractivity contribution is 7.88. The maximum atomic E-state index is 11.7. The monoisotopic (exact) mass is 351 g/mol. The van der Waals surface area contributed by atoms with Gasteiger partial charge in [0.2, 0.25) is 10.0 Å². The van der Waals surface area contributed by atoms with E-state index in [1.54, 1.807) is 0 Å². The molecule has 1 saturated heterocycles. The lowest BCUT2D eigenvalue weighted by Gasteiger charge is -2.31. The first-order valence-electron chi connectivity index (χ1n) is 7.74. The molecule has 2 aromatic rings. The van der Waals surface area contributed by atoms with E-state index in [9.17, 15) is 8.42 Å². The number of anilines is 1. The summed E-state index contributed by atoms with van der Waals surface area (Å²) in [6.45, 7) is 5.51. The van der Waals surface area contributed by atoms with E-state index >= 15 is 0 Å². The van der Waals surface area contributed by atoms with E-state index in [4.69, 9.17) is 4.74 Å². The Balaban J connectivity index is 1.77. The Morgan fingerprint density at radius 1 is 1.38 bits per heavy atom. The summed E-state index contributed by atoms with van der Waals surface area (Å²) in [6.07, 6.45) is 2.47. The van der Waals surface area contributed by atoms with Crippen LogP contribution in [0.5, 0.6) is 0 Å². The summed E-state index contributed by atoms with van der Waals surface area (Å²) in [4.78, 5) is 12.9. The van der Waals surface area contributed by atoms with Gasteiger partial charge in [-0.25, -0.2) is 23.4 Å². The van der Waals surface area contributed by atoms with Crippen molar-refractivity contribution >= 4 is 26.9 Å². The number of ether oxygens (including phenoxy) is 1. The molecule has 0 aromatic carbocycles. The second-order valence-electron chi connectivity index (χ2n) is 6.00. The maximum absolute atomic E-state index is 11.7. The lowest BCUT2D eigenvalue weighted by Crippen LogP contribution is -2.47. The fourth-order valence-electron chi connectivity index (χ4n) is 2.87. The molecule has 1 fully saturated rings. The molecular weight excluding hydrogens is 330 g/mol. The molecule has 0 aliphatic carbocycles. The number of nitrogens with zero attached hydrogens (tertiary/aromatic N) is 4. The highest BCUT2D eigenvalue weighted by Crippen LogP contribution is 2.22. The molecule has 0 radical (unpaired) electrons. The van der Waals surface area contributed by atoms with Crippen LogP contribution in [0.1, 0.15) is 11.3 Å². The van der Waals surface area contributed by atoms with Crippen molar-refractivity contribution in [3.8, 4) is 0 Å². The van der Waals surface area contributed by atoms with Gasteiger partial charge in [0, 0.05) is 25.3 Å². The quantitative estimate of drug-likeness (QED) is 0.866. The number of aromatic nitrogens is 3. The number of sulfonamides is 1. The van der Waals surface area contributed by atoms with Gasteiger partial charge in [-0.15, -0.1) is 0 Å². The van der Waals surface area contributed by atoms with Crippen LogP contribution in [0.2, 0.25) is 0 Å². The Hall–Kier alpha value is -1.84. The summed E-state index contributed by atoms with van der Waals surface area (Å²) in [5.41, 5.74) is 2.60. The predicted octanol–water partition coefficient (Wildman–Crippen LogP) is 0.714. The van der Waals surface area contributed by atoms with Gasteiger partial charge in [0.1, 0.15) is 12.1 Å². The van der Waals surface area contributed by atoms with Gasteiger partial charge < -0.3 is 10.1 Å². The second-order valence-corrected chi connectivity index (χ2v) is 7.98. The number of hydrogen-bond acceptors (Lipinski definition) is 7. The largest absolute Gasteiger partial charge is 0.374 e.